The lowest BCUT2D eigenvalue weighted by Crippen LogP contribution is -2.09. The van der Waals surface area contributed by atoms with E-state index in [9.17, 15) is 8.42 Å². The lowest BCUT2D eigenvalue weighted by Gasteiger charge is -2.04. The molecular weight excluding hydrogens is 258 g/mol. The van der Waals surface area contributed by atoms with Gasteiger partial charge >= 0.3 is 0 Å². The number of thiazole rings is 1. The molecule has 3 N–H and O–H groups in total. The summed E-state index contributed by atoms with van der Waals surface area (Å²) < 4.78 is 24.6. The minimum Gasteiger partial charge on any atom is -0.375 e. The Labute approximate surface area is 103 Å². The Hall–Kier alpha value is -1.60. The second-order valence-corrected chi connectivity index (χ2v) is 6.16. The molecule has 0 radical (unpaired) electrons. The summed E-state index contributed by atoms with van der Waals surface area (Å²) in [6.07, 6.45) is 1.11. The molecule has 0 atom stereocenters. The Morgan fingerprint density at radius 3 is 2.76 bits per heavy atom. The van der Waals surface area contributed by atoms with Crippen molar-refractivity contribution in [1.29, 1.82) is 0 Å². The molecule has 90 valence electrons. The van der Waals surface area contributed by atoms with Crippen LogP contribution in [0.4, 0.5) is 10.8 Å². The Morgan fingerprint density at radius 1 is 1.41 bits per heavy atom. The van der Waals surface area contributed by atoms with E-state index in [1.165, 1.54) is 11.3 Å². The second kappa shape index (κ2) is 4.34. The van der Waals surface area contributed by atoms with E-state index >= 15 is 0 Å². The molecule has 2 rings (SSSR count). The molecule has 0 bridgehead atoms. The van der Waals surface area contributed by atoms with Crippen LogP contribution in [0.2, 0.25) is 0 Å². The van der Waals surface area contributed by atoms with Gasteiger partial charge in [-0.15, -0.1) is 11.3 Å². The van der Waals surface area contributed by atoms with Crippen LogP contribution < -0.4 is 10.5 Å². The van der Waals surface area contributed by atoms with Gasteiger partial charge in [-0.3, -0.25) is 4.72 Å². The van der Waals surface area contributed by atoms with Gasteiger partial charge in [0.25, 0.3) is 0 Å². The van der Waals surface area contributed by atoms with Gasteiger partial charge in [-0.25, -0.2) is 13.4 Å². The monoisotopic (exact) mass is 269 g/mol. The maximum atomic E-state index is 11.1. The van der Waals surface area contributed by atoms with Gasteiger partial charge in [-0.05, 0) is 12.1 Å². The van der Waals surface area contributed by atoms with Crippen molar-refractivity contribution < 1.29 is 8.42 Å². The predicted molar refractivity (Wildman–Crippen MR) is 70.4 cm³/mol. The number of anilines is 2. The summed E-state index contributed by atoms with van der Waals surface area (Å²) in [6, 6.07) is 7.01. The highest BCUT2D eigenvalue weighted by Crippen LogP contribution is 2.25. The standard InChI is InChI=1S/C10H11N3O2S2/c1-17(14,15)13-8-4-2-3-7(5-8)9-6-16-10(11)12-9/h2-6,13H,1H3,(H2,11,12). The molecule has 0 fully saturated rings. The molecular formula is C10H11N3O2S2. The number of nitrogens with zero attached hydrogens (tertiary/aromatic N) is 1. The fourth-order valence-electron chi connectivity index (χ4n) is 1.38. The highest BCUT2D eigenvalue weighted by atomic mass is 32.2. The van der Waals surface area contributed by atoms with Crippen molar-refractivity contribution in [1.82, 2.24) is 4.98 Å². The molecule has 0 saturated heterocycles. The van der Waals surface area contributed by atoms with Crippen molar-refractivity contribution >= 4 is 32.2 Å². The first-order valence-corrected chi connectivity index (χ1v) is 7.50. The van der Waals surface area contributed by atoms with Crippen molar-refractivity contribution in [2.45, 2.75) is 0 Å². The molecule has 2 aromatic rings. The van der Waals surface area contributed by atoms with Gasteiger partial charge in [0.15, 0.2) is 5.13 Å². The number of benzene rings is 1. The van der Waals surface area contributed by atoms with E-state index in [1.54, 1.807) is 18.2 Å². The SMILES string of the molecule is CS(=O)(=O)Nc1cccc(-c2csc(N)n2)c1. The zero-order chi connectivity index (χ0) is 12.5. The Morgan fingerprint density at radius 2 is 2.18 bits per heavy atom. The third-order valence-electron chi connectivity index (χ3n) is 1.98. The predicted octanol–water partition coefficient (Wildman–Crippen LogP) is 1.76. The second-order valence-electron chi connectivity index (χ2n) is 3.53. The fourth-order valence-corrected chi connectivity index (χ4v) is 2.50. The van der Waals surface area contributed by atoms with E-state index in [0.717, 1.165) is 17.5 Å². The number of hydrogen-bond donors (Lipinski definition) is 2. The summed E-state index contributed by atoms with van der Waals surface area (Å²) >= 11 is 1.35. The van der Waals surface area contributed by atoms with Crippen molar-refractivity contribution in [3.63, 3.8) is 0 Å². The summed E-state index contributed by atoms with van der Waals surface area (Å²) in [5, 5.41) is 2.32. The summed E-state index contributed by atoms with van der Waals surface area (Å²) in [6.45, 7) is 0. The summed E-state index contributed by atoms with van der Waals surface area (Å²) in [5.41, 5.74) is 7.63. The minimum absolute atomic E-state index is 0.487. The lowest BCUT2D eigenvalue weighted by atomic mass is 10.1. The van der Waals surface area contributed by atoms with Crippen LogP contribution in [-0.2, 0) is 10.0 Å². The molecule has 7 heteroatoms. The summed E-state index contributed by atoms with van der Waals surface area (Å²) in [4.78, 5) is 4.14. The fraction of sp³-hybridized carbons (Fsp3) is 0.100. The zero-order valence-corrected chi connectivity index (χ0v) is 10.7. The quantitative estimate of drug-likeness (QED) is 0.889. The van der Waals surface area contributed by atoms with Crippen LogP contribution in [0.15, 0.2) is 29.6 Å². The summed E-state index contributed by atoms with van der Waals surface area (Å²) in [5.74, 6) is 0. The number of nitrogens with two attached hydrogens (primary N) is 1. The molecule has 0 saturated carbocycles. The van der Waals surface area contributed by atoms with E-state index in [0.29, 0.717) is 10.8 Å². The highest BCUT2D eigenvalue weighted by molar-refractivity contribution is 7.92. The molecule has 0 aliphatic carbocycles. The molecule has 1 aromatic carbocycles. The van der Waals surface area contributed by atoms with Crippen molar-refractivity contribution in [3.8, 4) is 11.3 Å². The Bertz CT molecular complexity index is 635. The van der Waals surface area contributed by atoms with Crippen LogP contribution in [0.3, 0.4) is 0 Å². The van der Waals surface area contributed by atoms with Gasteiger partial charge in [-0.2, -0.15) is 0 Å². The molecule has 5 nitrogen and oxygen atoms in total. The van der Waals surface area contributed by atoms with Gasteiger partial charge in [0.05, 0.1) is 11.9 Å². The van der Waals surface area contributed by atoms with Crippen LogP contribution in [-0.4, -0.2) is 19.7 Å². The number of hydrogen-bond acceptors (Lipinski definition) is 5. The number of aromatic nitrogens is 1. The number of rotatable bonds is 3. The van der Waals surface area contributed by atoms with Crippen LogP contribution in [0.25, 0.3) is 11.3 Å². The topological polar surface area (TPSA) is 85.1 Å². The molecule has 17 heavy (non-hydrogen) atoms. The molecule has 0 aliphatic rings. The Balaban J connectivity index is 2.35. The van der Waals surface area contributed by atoms with Gasteiger partial charge < -0.3 is 5.73 Å². The maximum Gasteiger partial charge on any atom is 0.229 e. The smallest absolute Gasteiger partial charge is 0.229 e. The summed E-state index contributed by atoms with van der Waals surface area (Å²) in [7, 11) is -3.26. The van der Waals surface area contributed by atoms with Gasteiger partial charge in [-0.1, -0.05) is 12.1 Å². The first-order chi connectivity index (χ1) is 7.94. The zero-order valence-electron chi connectivity index (χ0n) is 9.04. The van der Waals surface area contributed by atoms with E-state index in [4.69, 9.17) is 5.73 Å². The van der Waals surface area contributed by atoms with Gasteiger partial charge in [0.2, 0.25) is 10.0 Å². The molecule has 0 amide bonds. The number of nitrogen functional groups attached to an aromatic ring is 1. The van der Waals surface area contributed by atoms with Crippen LogP contribution in [0, 0.1) is 0 Å². The average molecular weight is 269 g/mol. The molecule has 0 unspecified atom stereocenters. The molecule has 0 aliphatic heterocycles. The van der Waals surface area contributed by atoms with Crippen molar-refractivity contribution in [2.75, 3.05) is 16.7 Å². The number of nitrogens with one attached hydrogen (secondary N) is 1. The average Bonchev–Trinajstić information content (AvgIpc) is 2.63. The highest BCUT2D eigenvalue weighted by Gasteiger charge is 2.05. The third kappa shape index (κ3) is 3.18. The van der Waals surface area contributed by atoms with E-state index in [1.807, 2.05) is 11.4 Å². The Kier molecular flexibility index (Phi) is 3.03. The van der Waals surface area contributed by atoms with Crippen molar-refractivity contribution in [3.05, 3.63) is 29.6 Å². The van der Waals surface area contributed by atoms with Crippen LogP contribution in [0.1, 0.15) is 0 Å². The molecule has 1 aromatic heterocycles. The minimum atomic E-state index is -3.26. The van der Waals surface area contributed by atoms with E-state index in [-0.39, 0.29) is 0 Å². The third-order valence-corrected chi connectivity index (χ3v) is 3.26. The normalized spacial score (nSPS) is 11.4. The lowest BCUT2D eigenvalue weighted by molar-refractivity contribution is 0.607. The van der Waals surface area contributed by atoms with Crippen molar-refractivity contribution in [2.24, 2.45) is 0 Å². The van der Waals surface area contributed by atoms with Crippen LogP contribution in [0.5, 0.6) is 0 Å². The van der Waals surface area contributed by atoms with Gasteiger partial charge in [0.1, 0.15) is 0 Å². The van der Waals surface area contributed by atoms with Crippen LogP contribution >= 0.6 is 11.3 Å². The van der Waals surface area contributed by atoms with Gasteiger partial charge in [0, 0.05) is 16.6 Å². The molecule has 1 heterocycles. The first-order valence-electron chi connectivity index (χ1n) is 4.73. The van der Waals surface area contributed by atoms with E-state index in [2.05, 4.69) is 9.71 Å². The largest absolute Gasteiger partial charge is 0.375 e. The van der Waals surface area contributed by atoms with E-state index < -0.39 is 10.0 Å². The first kappa shape index (κ1) is 11.9. The maximum absolute atomic E-state index is 11.1. The number of sulfonamides is 1. The molecule has 0 spiro atoms.